The van der Waals surface area contributed by atoms with Crippen molar-refractivity contribution >= 4 is 17.7 Å². The number of hydrogen-bond donors (Lipinski definition) is 0. The molecule has 1 aliphatic heterocycles. The van der Waals surface area contributed by atoms with Gasteiger partial charge in [-0.05, 0) is 23.3 Å². The minimum atomic E-state index is -2.09. The molecular weight excluding hydrogens is 420 g/mol. The van der Waals surface area contributed by atoms with E-state index in [1.54, 1.807) is 24.3 Å². The van der Waals surface area contributed by atoms with Crippen molar-refractivity contribution < 1.29 is 19.3 Å². The van der Waals surface area contributed by atoms with Crippen LogP contribution in [0.1, 0.15) is 23.7 Å². The van der Waals surface area contributed by atoms with Crippen LogP contribution in [0.5, 0.6) is 0 Å². The summed E-state index contributed by atoms with van der Waals surface area (Å²) in [6.07, 6.45) is 2.50. The molecule has 33 heavy (non-hydrogen) atoms. The Morgan fingerprint density at radius 1 is 1.03 bits per heavy atom. The topological polar surface area (TPSA) is 81.9 Å². The van der Waals surface area contributed by atoms with E-state index in [0.717, 1.165) is 11.1 Å². The lowest BCUT2D eigenvalue weighted by molar-refractivity contribution is -0.566. The van der Waals surface area contributed by atoms with Gasteiger partial charge in [0.25, 0.3) is 0 Å². The fourth-order valence-corrected chi connectivity index (χ4v) is 4.12. The highest BCUT2D eigenvalue weighted by Gasteiger charge is 2.65. The van der Waals surface area contributed by atoms with E-state index >= 15 is 0 Å². The Kier molecular flexibility index (Phi) is 6.51. The summed E-state index contributed by atoms with van der Waals surface area (Å²) in [5.41, 5.74) is 0.0853. The number of carbonyl (C=O) groups is 1. The lowest BCUT2D eigenvalue weighted by Gasteiger charge is -2.44. The van der Waals surface area contributed by atoms with Crippen molar-refractivity contribution in [3.63, 3.8) is 0 Å². The highest BCUT2D eigenvalue weighted by Crippen LogP contribution is 2.43. The molecule has 1 fully saturated rings. The number of nitro groups is 1. The first-order chi connectivity index (χ1) is 16.1. The van der Waals surface area contributed by atoms with Crippen molar-refractivity contribution in [3.05, 3.63) is 118 Å². The van der Waals surface area contributed by atoms with Crippen LogP contribution in [0.2, 0.25) is 0 Å². The van der Waals surface area contributed by atoms with Gasteiger partial charge >= 0.3 is 11.5 Å². The zero-order valence-electron chi connectivity index (χ0n) is 18.1. The van der Waals surface area contributed by atoms with Gasteiger partial charge in [-0.1, -0.05) is 91.0 Å². The minimum Gasteiger partial charge on any atom is -0.464 e. The molecular formula is C26H24N2O5. The van der Waals surface area contributed by atoms with E-state index in [-0.39, 0.29) is 6.42 Å². The third-order valence-corrected chi connectivity index (χ3v) is 5.80. The van der Waals surface area contributed by atoms with Crippen LogP contribution in [0, 0.1) is 10.1 Å². The van der Waals surface area contributed by atoms with Crippen molar-refractivity contribution in [2.45, 2.75) is 24.1 Å². The zero-order chi connectivity index (χ0) is 23.3. The normalized spacial score (nSPS) is 22.8. The molecule has 0 aliphatic carbocycles. The highest BCUT2D eigenvalue weighted by molar-refractivity contribution is 5.82. The van der Waals surface area contributed by atoms with Crippen LogP contribution in [0.3, 0.4) is 0 Å². The monoisotopic (exact) mass is 444 g/mol. The maximum absolute atomic E-state index is 13.1. The summed E-state index contributed by atoms with van der Waals surface area (Å²) in [5.74, 6) is -0.916. The summed E-state index contributed by atoms with van der Waals surface area (Å²) in [6, 6.07) is 26.6. The zero-order valence-corrected chi connectivity index (χ0v) is 18.1. The molecule has 7 nitrogen and oxygen atoms in total. The first-order valence-electron chi connectivity index (χ1n) is 10.6. The molecule has 0 spiro atoms. The number of hydroxylamine groups is 1. The van der Waals surface area contributed by atoms with E-state index in [9.17, 15) is 14.9 Å². The second-order valence-electron chi connectivity index (χ2n) is 7.76. The van der Waals surface area contributed by atoms with Crippen molar-refractivity contribution in [1.29, 1.82) is 0 Å². The molecule has 168 valence electrons. The molecule has 1 aliphatic rings. The number of nitrogens with zero attached hydrogens (tertiary/aromatic N) is 2. The van der Waals surface area contributed by atoms with E-state index in [4.69, 9.17) is 9.57 Å². The summed E-state index contributed by atoms with van der Waals surface area (Å²) in [4.78, 5) is 31.6. The molecule has 1 saturated heterocycles. The lowest BCUT2D eigenvalue weighted by atomic mass is 9.80. The van der Waals surface area contributed by atoms with Crippen molar-refractivity contribution in [2.75, 3.05) is 12.2 Å². The van der Waals surface area contributed by atoms with E-state index < -0.39 is 28.6 Å². The minimum absolute atomic E-state index is 0.177. The molecule has 3 unspecified atom stereocenters. The van der Waals surface area contributed by atoms with E-state index in [0.29, 0.717) is 5.69 Å². The summed E-state index contributed by atoms with van der Waals surface area (Å²) < 4.78 is 5.01. The van der Waals surface area contributed by atoms with Crippen LogP contribution in [0.15, 0.2) is 97.1 Å². The second kappa shape index (κ2) is 9.67. The molecule has 0 bridgehead atoms. The number of methoxy groups -OCH3 is 1. The largest absolute Gasteiger partial charge is 0.464 e. The predicted octanol–water partition coefficient (Wildman–Crippen LogP) is 4.84. The van der Waals surface area contributed by atoms with Gasteiger partial charge in [0.05, 0.1) is 19.2 Å². The van der Waals surface area contributed by atoms with E-state index in [1.165, 1.54) is 12.2 Å². The quantitative estimate of drug-likeness (QED) is 0.307. The Morgan fingerprint density at radius 3 is 2.18 bits per heavy atom. The highest BCUT2D eigenvalue weighted by atomic mass is 16.7. The van der Waals surface area contributed by atoms with Gasteiger partial charge in [-0.15, -0.1) is 0 Å². The Bertz CT molecular complexity index is 1120. The Labute approximate surface area is 192 Å². The fourth-order valence-electron chi connectivity index (χ4n) is 4.12. The fraction of sp³-hybridized carbons (Fsp3) is 0.192. The molecule has 0 saturated carbocycles. The third kappa shape index (κ3) is 4.36. The Hall–Kier alpha value is -3.97. The third-order valence-electron chi connectivity index (χ3n) is 5.80. The van der Waals surface area contributed by atoms with Crippen molar-refractivity contribution in [2.24, 2.45) is 0 Å². The van der Waals surface area contributed by atoms with Gasteiger partial charge in [0.2, 0.25) is 0 Å². The molecule has 0 aromatic heterocycles. The van der Waals surface area contributed by atoms with Gasteiger partial charge in [-0.25, -0.2) is 9.86 Å². The number of ether oxygens (including phenoxy) is 1. The molecule has 0 N–H and O–H groups in total. The molecule has 3 aromatic carbocycles. The molecule has 1 heterocycles. The van der Waals surface area contributed by atoms with Gasteiger partial charge in [-0.2, -0.15) is 0 Å². The van der Waals surface area contributed by atoms with Gasteiger partial charge < -0.3 is 4.74 Å². The Balaban J connectivity index is 1.88. The number of para-hydroxylation sites is 1. The summed E-state index contributed by atoms with van der Waals surface area (Å²) >= 11 is 0. The summed E-state index contributed by atoms with van der Waals surface area (Å²) in [5, 5.41) is 14.1. The number of hydrogen-bond acceptors (Lipinski definition) is 6. The number of esters is 1. The summed E-state index contributed by atoms with van der Waals surface area (Å²) in [7, 11) is 1.17. The van der Waals surface area contributed by atoms with Gasteiger partial charge in [0.15, 0.2) is 6.04 Å². The van der Waals surface area contributed by atoms with Crippen LogP contribution < -0.4 is 5.06 Å². The Morgan fingerprint density at radius 2 is 1.61 bits per heavy atom. The average Bonchev–Trinajstić information content (AvgIpc) is 2.88. The smallest absolute Gasteiger partial charge is 0.387 e. The maximum atomic E-state index is 13.1. The van der Waals surface area contributed by atoms with Crippen LogP contribution in [-0.2, 0) is 14.4 Å². The van der Waals surface area contributed by atoms with Crippen molar-refractivity contribution in [3.8, 4) is 0 Å². The van der Waals surface area contributed by atoms with Crippen LogP contribution in [-0.4, -0.2) is 29.6 Å². The summed E-state index contributed by atoms with van der Waals surface area (Å²) in [6.45, 7) is 0. The molecule has 3 aromatic rings. The standard InChI is InChI=1S/C26H24N2O5/c1-32-25(29)26(28(30)31)19-23(21-13-7-3-8-14-21)33-27(22-15-9-4-10-16-22)24(26)18-17-20-11-5-2-6-12-20/h2-18,23-24H,19H2,1H3/b18-17+. The molecule has 4 rings (SSSR count). The SMILES string of the molecule is COC(=O)C1([N+](=O)[O-])CC(c2ccccc2)ON(c2ccccc2)C1/C=C/c1ccccc1. The van der Waals surface area contributed by atoms with Gasteiger partial charge in [0, 0.05) is 4.92 Å². The number of rotatable bonds is 6. The van der Waals surface area contributed by atoms with Crippen LogP contribution >= 0.6 is 0 Å². The van der Waals surface area contributed by atoms with E-state index in [1.807, 2.05) is 78.9 Å². The molecule has 0 amide bonds. The predicted molar refractivity (Wildman–Crippen MR) is 125 cm³/mol. The maximum Gasteiger partial charge on any atom is 0.387 e. The number of benzene rings is 3. The molecule has 0 radical (unpaired) electrons. The molecule has 7 heteroatoms. The van der Waals surface area contributed by atoms with Crippen LogP contribution in [0.4, 0.5) is 5.69 Å². The molecule has 3 atom stereocenters. The first-order valence-corrected chi connectivity index (χ1v) is 10.6. The number of carbonyl (C=O) groups excluding carboxylic acids is 1. The van der Waals surface area contributed by atoms with Gasteiger partial charge in [0.1, 0.15) is 6.10 Å². The first kappa shape index (κ1) is 22.2. The second-order valence-corrected chi connectivity index (χ2v) is 7.76. The lowest BCUT2D eigenvalue weighted by Crippen LogP contribution is -2.65. The van der Waals surface area contributed by atoms with Crippen LogP contribution in [0.25, 0.3) is 6.08 Å². The number of anilines is 1. The van der Waals surface area contributed by atoms with Gasteiger partial charge in [-0.3, -0.25) is 15.0 Å². The average molecular weight is 444 g/mol. The van der Waals surface area contributed by atoms with E-state index in [2.05, 4.69) is 0 Å². The van der Waals surface area contributed by atoms with Crippen molar-refractivity contribution in [1.82, 2.24) is 0 Å².